The summed E-state index contributed by atoms with van der Waals surface area (Å²) in [6.07, 6.45) is -0.0352. The van der Waals surface area contributed by atoms with Gasteiger partial charge in [0.05, 0.1) is 12.7 Å². The van der Waals surface area contributed by atoms with E-state index < -0.39 is 34.8 Å². The molecule has 1 aromatic carbocycles. The van der Waals surface area contributed by atoms with Crippen molar-refractivity contribution in [2.24, 2.45) is 0 Å². The number of nitrogens with one attached hydrogen (secondary N) is 1. The van der Waals surface area contributed by atoms with Gasteiger partial charge in [0.1, 0.15) is 5.82 Å². The van der Waals surface area contributed by atoms with Crippen LogP contribution in [-0.2, 0) is 27.6 Å². The Hall–Kier alpha value is -1.06. The minimum atomic E-state index is -2.79. The second-order valence-electron chi connectivity index (χ2n) is 5.37. The number of halogens is 1. The molecule has 1 saturated heterocycles. The molecule has 8 heteroatoms. The summed E-state index contributed by atoms with van der Waals surface area (Å²) >= 11 is 0. The van der Waals surface area contributed by atoms with E-state index in [-0.39, 0.29) is 12.1 Å². The molecule has 0 unspecified atom stereocenters. The van der Waals surface area contributed by atoms with Crippen LogP contribution in [0.15, 0.2) is 18.2 Å². The van der Waals surface area contributed by atoms with E-state index in [1.165, 1.54) is 12.1 Å². The predicted molar refractivity (Wildman–Crippen MR) is 78.4 cm³/mol. The maximum absolute atomic E-state index is 14.2. The summed E-state index contributed by atoms with van der Waals surface area (Å²) in [5.74, 6) is -0.544. The van der Waals surface area contributed by atoms with Crippen LogP contribution in [-0.4, -0.2) is 44.6 Å². The van der Waals surface area contributed by atoms with E-state index in [0.29, 0.717) is 31.6 Å². The highest BCUT2D eigenvalue weighted by Gasteiger charge is 2.41. The number of benzene rings is 1. The maximum atomic E-state index is 14.2. The second-order valence-corrected chi connectivity index (χ2v) is 6.20. The van der Waals surface area contributed by atoms with Crippen LogP contribution in [0.2, 0.25) is 0 Å². The first-order valence-corrected chi connectivity index (χ1v) is 8.21. The molecule has 0 amide bonds. The summed E-state index contributed by atoms with van der Waals surface area (Å²) < 4.78 is 42.6. The Labute approximate surface area is 130 Å². The summed E-state index contributed by atoms with van der Waals surface area (Å²) in [7, 11) is -2.79. The molecule has 0 bridgehead atoms. The van der Waals surface area contributed by atoms with Gasteiger partial charge in [-0.25, -0.2) is 17.5 Å². The van der Waals surface area contributed by atoms with Gasteiger partial charge in [-0.05, 0) is 24.5 Å². The van der Waals surface area contributed by atoms with Crippen molar-refractivity contribution in [1.82, 2.24) is 4.72 Å². The van der Waals surface area contributed by atoms with Crippen LogP contribution in [0.25, 0.3) is 0 Å². The van der Waals surface area contributed by atoms with E-state index in [1.54, 1.807) is 6.07 Å². The molecule has 2 rings (SSSR count). The summed E-state index contributed by atoms with van der Waals surface area (Å²) in [5.41, 5.74) is 0.0671. The van der Waals surface area contributed by atoms with Gasteiger partial charge in [-0.3, -0.25) is 0 Å². The third kappa shape index (κ3) is 3.64. The fourth-order valence-electron chi connectivity index (χ4n) is 2.87. The molecule has 6 nitrogen and oxygen atoms in total. The molecule has 0 aliphatic carbocycles. The Kier molecular flexibility index (Phi) is 5.87. The van der Waals surface area contributed by atoms with Gasteiger partial charge in [0.2, 0.25) is 10.9 Å². The second kappa shape index (κ2) is 7.47. The molecule has 1 fully saturated rings. The first kappa shape index (κ1) is 17.3. The normalized spacial score (nSPS) is 19.3. The van der Waals surface area contributed by atoms with Crippen LogP contribution in [0.1, 0.15) is 24.0 Å². The lowest BCUT2D eigenvalue weighted by Crippen LogP contribution is -2.46. The van der Waals surface area contributed by atoms with E-state index in [0.717, 1.165) is 0 Å². The molecule has 124 valence electrons. The highest BCUT2D eigenvalue weighted by Crippen LogP contribution is 2.38. The number of rotatable bonds is 6. The number of thiol groups is 1. The van der Waals surface area contributed by atoms with E-state index in [4.69, 9.17) is 4.74 Å². The molecule has 0 aromatic heterocycles. The molecular formula is C14H20FNO5S. The standard InChI is InChI=1S/C14H20FNO5S/c15-12-7-11(2-1-10(12)8-16-22(19)20)14(13(18)9-17)3-5-21-6-4-14/h1-2,7,13,17-18,22H,3-6,8-9H2,(H,16,19,20)/t13-/m1/s1. The Bertz CT molecular complexity index is 579. The SMILES string of the molecule is O=[SH](=O)NCc1ccc(C2([C@H](O)CO)CCOCC2)cc1F. The molecule has 0 spiro atoms. The first-order chi connectivity index (χ1) is 10.5. The van der Waals surface area contributed by atoms with Crippen molar-refractivity contribution in [2.75, 3.05) is 19.8 Å². The Morgan fingerprint density at radius 3 is 2.59 bits per heavy atom. The number of hydrogen-bond donors (Lipinski definition) is 4. The van der Waals surface area contributed by atoms with Gasteiger partial charge in [0.15, 0.2) is 0 Å². The summed E-state index contributed by atoms with van der Waals surface area (Å²) in [5, 5.41) is 19.5. The Morgan fingerprint density at radius 2 is 2.05 bits per heavy atom. The lowest BCUT2D eigenvalue weighted by atomic mass is 9.70. The van der Waals surface area contributed by atoms with E-state index in [1.807, 2.05) is 0 Å². The van der Waals surface area contributed by atoms with Gasteiger partial charge < -0.3 is 14.9 Å². The number of ether oxygens (including phenoxy) is 1. The maximum Gasteiger partial charge on any atom is 0.201 e. The van der Waals surface area contributed by atoms with Crippen molar-refractivity contribution < 1.29 is 27.8 Å². The molecule has 1 atom stereocenters. The van der Waals surface area contributed by atoms with Crippen LogP contribution < -0.4 is 4.72 Å². The molecular weight excluding hydrogens is 313 g/mol. The fourth-order valence-corrected chi connectivity index (χ4v) is 3.17. The summed E-state index contributed by atoms with van der Waals surface area (Å²) in [4.78, 5) is 0. The number of hydrogen-bond acceptors (Lipinski definition) is 5. The van der Waals surface area contributed by atoms with Crippen LogP contribution in [0.4, 0.5) is 4.39 Å². The molecule has 1 aliphatic rings. The molecule has 22 heavy (non-hydrogen) atoms. The molecule has 1 heterocycles. The Balaban J connectivity index is 2.30. The van der Waals surface area contributed by atoms with E-state index in [2.05, 4.69) is 4.72 Å². The zero-order valence-electron chi connectivity index (χ0n) is 12.0. The lowest BCUT2D eigenvalue weighted by Gasteiger charge is -2.41. The van der Waals surface area contributed by atoms with Crippen LogP contribution in [0.5, 0.6) is 0 Å². The zero-order valence-corrected chi connectivity index (χ0v) is 12.9. The van der Waals surface area contributed by atoms with Crippen molar-refractivity contribution in [1.29, 1.82) is 0 Å². The summed E-state index contributed by atoms with van der Waals surface area (Å²) in [6, 6.07) is 4.47. The Morgan fingerprint density at radius 1 is 1.36 bits per heavy atom. The smallest absolute Gasteiger partial charge is 0.201 e. The van der Waals surface area contributed by atoms with Crippen molar-refractivity contribution in [3.63, 3.8) is 0 Å². The molecule has 0 saturated carbocycles. The lowest BCUT2D eigenvalue weighted by molar-refractivity contribution is -0.0371. The average molecular weight is 333 g/mol. The average Bonchev–Trinajstić information content (AvgIpc) is 2.53. The van der Waals surface area contributed by atoms with Gasteiger partial charge in [0, 0.05) is 30.7 Å². The first-order valence-electron chi connectivity index (χ1n) is 7.03. The number of aliphatic hydroxyl groups excluding tert-OH is 2. The van der Waals surface area contributed by atoms with Crippen LogP contribution >= 0.6 is 0 Å². The van der Waals surface area contributed by atoms with Crippen molar-refractivity contribution in [2.45, 2.75) is 30.9 Å². The van der Waals surface area contributed by atoms with Crippen molar-refractivity contribution in [3.8, 4) is 0 Å². The van der Waals surface area contributed by atoms with Crippen molar-refractivity contribution >= 4 is 10.9 Å². The number of aliphatic hydroxyl groups is 2. The third-order valence-corrected chi connectivity index (χ3v) is 4.64. The van der Waals surface area contributed by atoms with E-state index in [9.17, 15) is 23.0 Å². The third-order valence-electron chi connectivity index (χ3n) is 4.22. The molecule has 3 N–H and O–H groups in total. The minimum Gasteiger partial charge on any atom is -0.394 e. The van der Waals surface area contributed by atoms with Gasteiger partial charge >= 0.3 is 0 Å². The highest BCUT2D eigenvalue weighted by molar-refractivity contribution is 7.70. The van der Waals surface area contributed by atoms with Crippen LogP contribution in [0, 0.1) is 5.82 Å². The van der Waals surface area contributed by atoms with E-state index >= 15 is 0 Å². The molecule has 0 radical (unpaired) electrons. The quantitative estimate of drug-likeness (QED) is 0.543. The van der Waals surface area contributed by atoms with Crippen LogP contribution in [0.3, 0.4) is 0 Å². The van der Waals surface area contributed by atoms with Crippen molar-refractivity contribution in [3.05, 3.63) is 35.1 Å². The summed E-state index contributed by atoms with van der Waals surface area (Å²) in [6.45, 7) is 0.322. The minimum absolute atomic E-state index is 0.122. The molecule has 1 aliphatic heterocycles. The highest BCUT2D eigenvalue weighted by atomic mass is 32.2. The largest absolute Gasteiger partial charge is 0.394 e. The fraction of sp³-hybridized carbons (Fsp3) is 0.571. The van der Waals surface area contributed by atoms with Gasteiger partial charge in [-0.1, -0.05) is 12.1 Å². The zero-order chi connectivity index (χ0) is 16.2. The monoisotopic (exact) mass is 333 g/mol. The topological polar surface area (TPSA) is 95.9 Å². The van der Waals surface area contributed by atoms with Gasteiger partial charge in [-0.15, -0.1) is 0 Å². The predicted octanol–water partition coefficient (Wildman–Crippen LogP) is -0.157. The van der Waals surface area contributed by atoms with Gasteiger partial charge in [-0.2, -0.15) is 0 Å². The van der Waals surface area contributed by atoms with Gasteiger partial charge in [0.25, 0.3) is 0 Å². The molecule has 1 aromatic rings.